The average molecular weight is 296 g/mol. The summed E-state index contributed by atoms with van der Waals surface area (Å²) < 4.78 is 5.83. The first-order chi connectivity index (χ1) is 9.97. The summed E-state index contributed by atoms with van der Waals surface area (Å²) in [5, 5.41) is 0. The van der Waals surface area contributed by atoms with E-state index in [9.17, 15) is 0 Å². The molecule has 3 heteroatoms. The third-order valence-electron chi connectivity index (χ3n) is 6.36. The highest BCUT2D eigenvalue weighted by atomic mass is 16.5. The molecule has 2 aliphatic rings. The fourth-order valence-corrected chi connectivity index (χ4v) is 4.27. The number of ether oxygens (including phenoxy) is 1. The van der Waals surface area contributed by atoms with Crippen LogP contribution in [-0.4, -0.2) is 43.8 Å². The van der Waals surface area contributed by atoms with Crippen molar-refractivity contribution in [2.24, 2.45) is 23.0 Å². The summed E-state index contributed by atoms with van der Waals surface area (Å²) >= 11 is 0. The fourth-order valence-electron chi connectivity index (χ4n) is 4.27. The van der Waals surface area contributed by atoms with Gasteiger partial charge in [0.15, 0.2) is 0 Å². The normalized spacial score (nSPS) is 34.6. The van der Waals surface area contributed by atoms with Crippen LogP contribution in [0, 0.1) is 17.3 Å². The SMILES string of the molecule is CCC(C)(C)C1CCC(CN)C(N(C)CC2CCCO2)C1. The van der Waals surface area contributed by atoms with Gasteiger partial charge >= 0.3 is 0 Å². The third-order valence-corrected chi connectivity index (χ3v) is 6.36. The predicted octanol–water partition coefficient (Wildman–Crippen LogP) is 3.28. The number of rotatable bonds is 6. The van der Waals surface area contributed by atoms with Gasteiger partial charge in [-0.2, -0.15) is 0 Å². The van der Waals surface area contributed by atoms with Gasteiger partial charge in [0, 0.05) is 19.2 Å². The second kappa shape index (κ2) is 7.43. The van der Waals surface area contributed by atoms with E-state index in [4.69, 9.17) is 10.5 Å². The monoisotopic (exact) mass is 296 g/mol. The molecular weight excluding hydrogens is 260 g/mol. The number of likely N-dealkylation sites (N-methyl/N-ethyl adjacent to an activating group) is 1. The Hall–Kier alpha value is -0.120. The smallest absolute Gasteiger partial charge is 0.0702 e. The number of hydrogen-bond acceptors (Lipinski definition) is 3. The number of nitrogens with two attached hydrogens (primary N) is 1. The highest BCUT2D eigenvalue weighted by Crippen LogP contribution is 2.43. The van der Waals surface area contributed by atoms with Crippen LogP contribution in [0.1, 0.15) is 59.3 Å². The topological polar surface area (TPSA) is 38.5 Å². The van der Waals surface area contributed by atoms with Crippen LogP contribution in [-0.2, 0) is 4.74 Å². The van der Waals surface area contributed by atoms with Crippen LogP contribution < -0.4 is 5.73 Å². The highest BCUT2D eigenvalue weighted by molar-refractivity contribution is 4.92. The van der Waals surface area contributed by atoms with Crippen molar-refractivity contribution >= 4 is 0 Å². The lowest BCUT2D eigenvalue weighted by Gasteiger charge is -2.46. The molecule has 0 aromatic rings. The van der Waals surface area contributed by atoms with E-state index in [1.807, 2.05) is 0 Å². The lowest BCUT2D eigenvalue weighted by atomic mass is 9.65. The Morgan fingerprint density at radius 2 is 2.00 bits per heavy atom. The van der Waals surface area contributed by atoms with E-state index in [1.54, 1.807) is 0 Å². The van der Waals surface area contributed by atoms with Gasteiger partial charge in [-0.15, -0.1) is 0 Å². The zero-order valence-electron chi connectivity index (χ0n) is 14.6. The van der Waals surface area contributed by atoms with Crippen molar-refractivity contribution in [2.45, 2.75) is 71.4 Å². The Labute approximate surface area is 131 Å². The second-order valence-electron chi connectivity index (χ2n) is 7.99. The van der Waals surface area contributed by atoms with Crippen molar-refractivity contribution in [2.75, 3.05) is 26.7 Å². The first kappa shape index (κ1) is 17.2. The zero-order chi connectivity index (χ0) is 15.5. The lowest BCUT2D eigenvalue weighted by molar-refractivity contribution is 0.0173. The molecule has 2 N–H and O–H groups in total. The van der Waals surface area contributed by atoms with Gasteiger partial charge in [0.05, 0.1) is 6.10 Å². The van der Waals surface area contributed by atoms with Gasteiger partial charge in [-0.1, -0.05) is 27.2 Å². The Morgan fingerprint density at radius 3 is 2.57 bits per heavy atom. The van der Waals surface area contributed by atoms with E-state index < -0.39 is 0 Å². The van der Waals surface area contributed by atoms with Crippen molar-refractivity contribution in [1.29, 1.82) is 0 Å². The summed E-state index contributed by atoms with van der Waals surface area (Å²) in [5.41, 5.74) is 6.53. The Morgan fingerprint density at radius 1 is 1.24 bits per heavy atom. The molecule has 2 fully saturated rings. The maximum absolute atomic E-state index is 6.07. The zero-order valence-corrected chi connectivity index (χ0v) is 14.6. The maximum Gasteiger partial charge on any atom is 0.0702 e. The van der Waals surface area contributed by atoms with E-state index in [-0.39, 0.29) is 0 Å². The number of hydrogen-bond donors (Lipinski definition) is 1. The van der Waals surface area contributed by atoms with Crippen LogP contribution in [0.15, 0.2) is 0 Å². The van der Waals surface area contributed by atoms with Gasteiger partial charge in [0.1, 0.15) is 0 Å². The number of nitrogens with zero attached hydrogens (tertiary/aromatic N) is 1. The van der Waals surface area contributed by atoms with Gasteiger partial charge in [0.2, 0.25) is 0 Å². The van der Waals surface area contributed by atoms with Crippen molar-refractivity contribution in [3.8, 4) is 0 Å². The standard InChI is InChI=1S/C18H36N2O/c1-5-18(2,3)15-9-8-14(12-19)17(11-15)20(4)13-16-7-6-10-21-16/h14-17H,5-13,19H2,1-4H3. The second-order valence-corrected chi connectivity index (χ2v) is 7.99. The molecule has 1 aliphatic carbocycles. The molecule has 1 heterocycles. The van der Waals surface area contributed by atoms with Crippen LogP contribution in [0.4, 0.5) is 0 Å². The minimum Gasteiger partial charge on any atom is -0.377 e. The van der Waals surface area contributed by atoms with Crippen LogP contribution in [0.25, 0.3) is 0 Å². The van der Waals surface area contributed by atoms with E-state index in [0.717, 1.165) is 25.6 Å². The molecule has 124 valence electrons. The minimum atomic E-state index is 0.452. The van der Waals surface area contributed by atoms with Gasteiger partial charge in [-0.25, -0.2) is 0 Å². The molecule has 0 spiro atoms. The van der Waals surface area contributed by atoms with Gasteiger partial charge < -0.3 is 15.4 Å². The van der Waals surface area contributed by atoms with Crippen molar-refractivity contribution in [3.63, 3.8) is 0 Å². The lowest BCUT2D eigenvalue weighted by Crippen LogP contribution is -2.49. The summed E-state index contributed by atoms with van der Waals surface area (Å²) in [5.74, 6) is 1.50. The predicted molar refractivity (Wildman–Crippen MR) is 89.3 cm³/mol. The van der Waals surface area contributed by atoms with E-state index in [0.29, 0.717) is 23.5 Å². The maximum atomic E-state index is 6.07. The molecular formula is C18H36N2O. The molecule has 0 radical (unpaired) electrons. The van der Waals surface area contributed by atoms with Crippen molar-refractivity contribution in [1.82, 2.24) is 4.90 Å². The van der Waals surface area contributed by atoms with E-state index >= 15 is 0 Å². The summed E-state index contributed by atoms with van der Waals surface area (Å²) in [6.45, 7) is 10.1. The third kappa shape index (κ3) is 4.20. The molecule has 4 atom stereocenters. The highest BCUT2D eigenvalue weighted by Gasteiger charge is 2.38. The van der Waals surface area contributed by atoms with Crippen molar-refractivity contribution in [3.05, 3.63) is 0 Å². The molecule has 0 aromatic heterocycles. The first-order valence-electron chi connectivity index (χ1n) is 8.99. The van der Waals surface area contributed by atoms with E-state index in [1.165, 1.54) is 38.5 Å². The van der Waals surface area contributed by atoms with Crippen molar-refractivity contribution < 1.29 is 4.74 Å². The molecule has 21 heavy (non-hydrogen) atoms. The molecule has 1 saturated heterocycles. The Bertz CT molecular complexity index is 312. The molecule has 1 saturated carbocycles. The van der Waals surface area contributed by atoms with Crippen LogP contribution in [0.2, 0.25) is 0 Å². The largest absolute Gasteiger partial charge is 0.377 e. The molecule has 3 nitrogen and oxygen atoms in total. The quantitative estimate of drug-likeness (QED) is 0.817. The Kier molecular flexibility index (Phi) is 6.10. The molecule has 0 amide bonds. The fraction of sp³-hybridized carbons (Fsp3) is 1.00. The average Bonchev–Trinajstić information content (AvgIpc) is 2.99. The summed E-state index contributed by atoms with van der Waals surface area (Å²) in [7, 11) is 2.29. The van der Waals surface area contributed by atoms with Crippen LogP contribution in [0.5, 0.6) is 0 Å². The molecule has 2 rings (SSSR count). The Balaban J connectivity index is 1.98. The summed E-state index contributed by atoms with van der Waals surface area (Å²) in [4.78, 5) is 2.56. The van der Waals surface area contributed by atoms with Crippen LogP contribution >= 0.6 is 0 Å². The summed E-state index contributed by atoms with van der Waals surface area (Å²) in [6.07, 6.45) is 8.15. The molecule has 0 bridgehead atoms. The van der Waals surface area contributed by atoms with Crippen LogP contribution in [0.3, 0.4) is 0 Å². The molecule has 1 aliphatic heterocycles. The van der Waals surface area contributed by atoms with Gasteiger partial charge in [0.25, 0.3) is 0 Å². The molecule has 4 unspecified atom stereocenters. The van der Waals surface area contributed by atoms with Gasteiger partial charge in [-0.05, 0) is 62.9 Å². The van der Waals surface area contributed by atoms with Gasteiger partial charge in [-0.3, -0.25) is 0 Å². The summed E-state index contributed by atoms with van der Waals surface area (Å²) in [6, 6.07) is 0.642. The minimum absolute atomic E-state index is 0.452. The molecule has 0 aromatic carbocycles. The first-order valence-corrected chi connectivity index (χ1v) is 8.99. The van der Waals surface area contributed by atoms with E-state index in [2.05, 4.69) is 32.7 Å².